The maximum Gasteiger partial charge on any atom is 0.128 e. The zero-order valence-corrected chi connectivity index (χ0v) is 12.2. The van der Waals surface area contributed by atoms with Crippen LogP contribution in [0.3, 0.4) is 0 Å². The number of hydrogen-bond acceptors (Lipinski definition) is 3. The van der Waals surface area contributed by atoms with Crippen molar-refractivity contribution in [2.24, 2.45) is 5.16 Å². The van der Waals surface area contributed by atoms with Crippen molar-refractivity contribution in [1.29, 1.82) is 0 Å². The smallest absolute Gasteiger partial charge is 0.128 e. The molecule has 0 aromatic heterocycles. The number of rotatable bonds is 4. The molecule has 0 atom stereocenters. The molecule has 0 saturated heterocycles. The summed E-state index contributed by atoms with van der Waals surface area (Å²) in [4.78, 5) is 0. The van der Waals surface area contributed by atoms with Crippen LogP contribution in [0.4, 0.5) is 0 Å². The van der Waals surface area contributed by atoms with Crippen molar-refractivity contribution in [3.05, 3.63) is 63.1 Å². The van der Waals surface area contributed by atoms with Crippen LogP contribution in [0.5, 0.6) is 5.75 Å². The molecule has 0 spiro atoms. The molecule has 2 aromatic carbocycles. The molecule has 0 fully saturated rings. The lowest BCUT2D eigenvalue weighted by Crippen LogP contribution is -1.98. The Morgan fingerprint density at radius 3 is 2.84 bits per heavy atom. The van der Waals surface area contributed by atoms with Gasteiger partial charge in [-0.3, -0.25) is 0 Å². The van der Waals surface area contributed by atoms with Crippen LogP contribution in [0.2, 0.25) is 5.02 Å². The first-order valence-electron chi connectivity index (χ1n) is 5.53. The highest BCUT2D eigenvalue weighted by atomic mass is 79.9. The van der Waals surface area contributed by atoms with Gasteiger partial charge in [0, 0.05) is 15.1 Å². The fourth-order valence-corrected chi connectivity index (χ4v) is 2.23. The predicted molar refractivity (Wildman–Crippen MR) is 79.3 cm³/mol. The molecule has 0 radical (unpaired) electrons. The molecule has 3 nitrogen and oxygen atoms in total. The van der Waals surface area contributed by atoms with Crippen molar-refractivity contribution >= 4 is 33.7 Å². The summed E-state index contributed by atoms with van der Waals surface area (Å²) in [7, 11) is 0. The Morgan fingerprint density at radius 2 is 2.11 bits per heavy atom. The van der Waals surface area contributed by atoms with E-state index in [4.69, 9.17) is 21.5 Å². The summed E-state index contributed by atoms with van der Waals surface area (Å²) in [5.74, 6) is 0.613. The first kappa shape index (κ1) is 13.9. The quantitative estimate of drug-likeness (QED) is 0.506. The summed E-state index contributed by atoms with van der Waals surface area (Å²) >= 11 is 9.30. The summed E-state index contributed by atoms with van der Waals surface area (Å²) in [6.45, 7) is 0.424. The van der Waals surface area contributed by atoms with E-state index in [2.05, 4.69) is 21.1 Å². The Morgan fingerprint density at radius 1 is 1.26 bits per heavy atom. The van der Waals surface area contributed by atoms with Gasteiger partial charge in [0.15, 0.2) is 0 Å². The Hall–Kier alpha value is -1.52. The third-order valence-corrected chi connectivity index (χ3v) is 3.18. The van der Waals surface area contributed by atoms with Gasteiger partial charge in [0.2, 0.25) is 0 Å². The molecule has 0 aliphatic heterocycles. The highest BCUT2D eigenvalue weighted by Crippen LogP contribution is 2.23. The van der Waals surface area contributed by atoms with E-state index >= 15 is 0 Å². The van der Waals surface area contributed by atoms with Gasteiger partial charge in [-0.05, 0) is 35.9 Å². The van der Waals surface area contributed by atoms with Gasteiger partial charge in [-0.2, -0.15) is 0 Å². The van der Waals surface area contributed by atoms with Crippen LogP contribution in [-0.4, -0.2) is 11.4 Å². The maximum absolute atomic E-state index is 8.62. The molecular formula is C14H11BrClNO2. The van der Waals surface area contributed by atoms with Gasteiger partial charge in [0.1, 0.15) is 12.4 Å². The van der Waals surface area contributed by atoms with Crippen LogP contribution in [0.25, 0.3) is 0 Å². The molecule has 19 heavy (non-hydrogen) atoms. The Labute approximate surface area is 124 Å². The largest absolute Gasteiger partial charge is 0.488 e. The van der Waals surface area contributed by atoms with Crippen LogP contribution < -0.4 is 4.74 Å². The minimum atomic E-state index is 0.424. The van der Waals surface area contributed by atoms with Gasteiger partial charge < -0.3 is 9.94 Å². The zero-order chi connectivity index (χ0) is 13.7. The first-order chi connectivity index (χ1) is 9.19. The second-order valence-corrected chi connectivity index (χ2v) is 5.20. The first-order valence-corrected chi connectivity index (χ1v) is 6.70. The maximum atomic E-state index is 8.62. The average molecular weight is 341 g/mol. The number of ether oxygens (including phenoxy) is 1. The van der Waals surface area contributed by atoms with E-state index in [1.54, 1.807) is 18.2 Å². The van der Waals surface area contributed by atoms with E-state index in [0.29, 0.717) is 22.9 Å². The zero-order valence-electron chi connectivity index (χ0n) is 9.88. The Balaban J connectivity index is 2.15. The summed E-state index contributed by atoms with van der Waals surface area (Å²) in [6, 6.07) is 13.0. The fraction of sp³-hybridized carbons (Fsp3) is 0.0714. The van der Waals surface area contributed by atoms with Gasteiger partial charge in [0.05, 0.1) is 6.21 Å². The van der Waals surface area contributed by atoms with E-state index in [0.717, 1.165) is 10.0 Å². The lowest BCUT2D eigenvalue weighted by molar-refractivity contribution is 0.304. The minimum absolute atomic E-state index is 0.424. The Bertz CT molecular complexity index is 602. The summed E-state index contributed by atoms with van der Waals surface area (Å²) in [5, 5.41) is 12.2. The van der Waals surface area contributed by atoms with Crippen molar-refractivity contribution < 1.29 is 9.94 Å². The lowest BCUT2D eigenvalue weighted by Gasteiger charge is -2.09. The predicted octanol–water partition coefficient (Wildman–Crippen LogP) is 4.49. The van der Waals surface area contributed by atoms with Gasteiger partial charge in [0.25, 0.3) is 0 Å². The van der Waals surface area contributed by atoms with E-state index < -0.39 is 0 Å². The molecule has 0 amide bonds. The number of nitrogens with zero attached hydrogens (tertiary/aromatic N) is 1. The van der Waals surface area contributed by atoms with Crippen LogP contribution in [-0.2, 0) is 6.61 Å². The lowest BCUT2D eigenvalue weighted by atomic mass is 10.2. The standard InChI is InChI=1S/C14H11BrClNO2/c15-12-3-1-2-10(6-12)9-19-14-5-4-13(16)7-11(14)8-17-18/h1-8,18H,9H2/b17-8-. The molecule has 0 aliphatic carbocycles. The van der Waals surface area contributed by atoms with Crippen LogP contribution in [0.15, 0.2) is 52.1 Å². The van der Waals surface area contributed by atoms with Gasteiger partial charge >= 0.3 is 0 Å². The second kappa shape index (κ2) is 6.59. The molecule has 0 heterocycles. The van der Waals surface area contributed by atoms with Crippen molar-refractivity contribution in [2.45, 2.75) is 6.61 Å². The molecule has 0 aliphatic rings. The molecule has 0 unspecified atom stereocenters. The fourth-order valence-electron chi connectivity index (χ4n) is 1.60. The molecule has 98 valence electrons. The summed E-state index contributed by atoms with van der Waals surface area (Å²) in [5.41, 5.74) is 1.67. The van der Waals surface area contributed by atoms with Crippen LogP contribution >= 0.6 is 27.5 Å². The van der Waals surface area contributed by atoms with Crippen molar-refractivity contribution in [3.63, 3.8) is 0 Å². The van der Waals surface area contributed by atoms with Crippen molar-refractivity contribution in [3.8, 4) is 5.75 Å². The SMILES string of the molecule is O/N=C\c1cc(Cl)ccc1OCc1cccc(Br)c1. The molecular weight excluding hydrogens is 330 g/mol. The van der Waals surface area contributed by atoms with E-state index in [-0.39, 0.29) is 0 Å². The molecule has 5 heteroatoms. The van der Waals surface area contributed by atoms with E-state index in [1.165, 1.54) is 6.21 Å². The van der Waals surface area contributed by atoms with Crippen LogP contribution in [0, 0.1) is 0 Å². The number of benzene rings is 2. The number of hydrogen-bond donors (Lipinski definition) is 1. The molecule has 1 N–H and O–H groups in total. The van der Waals surface area contributed by atoms with Crippen molar-refractivity contribution in [2.75, 3.05) is 0 Å². The van der Waals surface area contributed by atoms with Crippen LogP contribution in [0.1, 0.15) is 11.1 Å². The minimum Gasteiger partial charge on any atom is -0.488 e. The number of halogens is 2. The van der Waals surface area contributed by atoms with Gasteiger partial charge in [-0.25, -0.2) is 0 Å². The van der Waals surface area contributed by atoms with Gasteiger partial charge in [-0.1, -0.05) is 44.8 Å². The Kier molecular flexibility index (Phi) is 4.82. The van der Waals surface area contributed by atoms with E-state index in [1.807, 2.05) is 24.3 Å². The summed E-state index contributed by atoms with van der Waals surface area (Å²) in [6.07, 6.45) is 1.29. The molecule has 0 saturated carbocycles. The van der Waals surface area contributed by atoms with Crippen molar-refractivity contribution in [1.82, 2.24) is 0 Å². The third-order valence-electron chi connectivity index (χ3n) is 2.45. The monoisotopic (exact) mass is 339 g/mol. The highest BCUT2D eigenvalue weighted by Gasteiger charge is 2.04. The average Bonchev–Trinajstić information content (AvgIpc) is 2.38. The molecule has 2 aromatic rings. The topological polar surface area (TPSA) is 41.8 Å². The molecule has 2 rings (SSSR count). The van der Waals surface area contributed by atoms with Gasteiger partial charge in [-0.15, -0.1) is 0 Å². The highest BCUT2D eigenvalue weighted by molar-refractivity contribution is 9.10. The second-order valence-electron chi connectivity index (χ2n) is 3.85. The number of oxime groups is 1. The van der Waals surface area contributed by atoms with E-state index in [9.17, 15) is 0 Å². The summed E-state index contributed by atoms with van der Waals surface area (Å²) < 4.78 is 6.71. The molecule has 0 bridgehead atoms. The normalized spacial score (nSPS) is 10.8. The third kappa shape index (κ3) is 3.98.